The van der Waals surface area contributed by atoms with Gasteiger partial charge in [0.25, 0.3) is 0 Å². The van der Waals surface area contributed by atoms with Crippen LogP contribution in [0.2, 0.25) is 0 Å². The molecule has 3 atom stereocenters. The minimum Gasteiger partial charge on any atom is -0.374 e. The van der Waals surface area contributed by atoms with Gasteiger partial charge in [0.1, 0.15) is 5.82 Å². The maximum absolute atomic E-state index is 12.5. The molecule has 0 saturated carbocycles. The minimum absolute atomic E-state index is 0.155. The molecule has 1 fully saturated rings. The van der Waals surface area contributed by atoms with Crippen LogP contribution in [0.1, 0.15) is 19.4 Å². The van der Waals surface area contributed by atoms with Gasteiger partial charge in [-0.25, -0.2) is 4.98 Å². The van der Waals surface area contributed by atoms with Crippen molar-refractivity contribution in [2.45, 2.75) is 43.6 Å². The Morgan fingerprint density at radius 2 is 2.05 bits per heavy atom. The average molecular weight is 309 g/mol. The van der Waals surface area contributed by atoms with E-state index in [1.165, 1.54) is 6.07 Å². The van der Waals surface area contributed by atoms with E-state index in [-0.39, 0.29) is 18.2 Å². The lowest BCUT2D eigenvalue weighted by Gasteiger charge is -2.46. The van der Waals surface area contributed by atoms with Crippen LogP contribution in [0.15, 0.2) is 18.3 Å². The highest BCUT2D eigenvalue weighted by Crippen LogP contribution is 2.28. The van der Waals surface area contributed by atoms with Crippen LogP contribution >= 0.6 is 0 Å². The summed E-state index contributed by atoms with van der Waals surface area (Å²) in [6.45, 7) is 4.00. The molecular formula is C13H16B2F3N3O. The van der Waals surface area contributed by atoms with Crippen LogP contribution in [-0.2, 0) is 10.9 Å². The standard InChI is InChI=1S/C13H16B2F3N3O/c1-7-10(21-12(14,15)8(2)22-7)6-20-11-4-3-9(5-19-11)13(16,17)18/h3-5,7-8,10,21H,6H2,1-2H3,(H,19,20). The Bertz CT molecular complexity index is 510. The van der Waals surface area contributed by atoms with E-state index in [9.17, 15) is 13.2 Å². The first-order valence-corrected chi connectivity index (χ1v) is 6.87. The van der Waals surface area contributed by atoms with Gasteiger partial charge in [-0.05, 0) is 31.3 Å². The first-order valence-electron chi connectivity index (χ1n) is 6.87. The van der Waals surface area contributed by atoms with Crippen molar-refractivity contribution in [2.75, 3.05) is 11.9 Å². The lowest BCUT2D eigenvalue weighted by molar-refractivity contribution is -0.137. The highest BCUT2D eigenvalue weighted by Gasteiger charge is 2.37. The number of morpholine rings is 1. The van der Waals surface area contributed by atoms with Gasteiger partial charge in [-0.1, -0.05) is 0 Å². The molecule has 1 saturated heterocycles. The second kappa shape index (κ2) is 6.12. The highest BCUT2D eigenvalue weighted by molar-refractivity contribution is 6.40. The largest absolute Gasteiger partial charge is 0.417 e. The van der Waals surface area contributed by atoms with Gasteiger partial charge in [0, 0.05) is 18.8 Å². The van der Waals surface area contributed by atoms with E-state index in [2.05, 4.69) is 15.6 Å². The van der Waals surface area contributed by atoms with Crippen LogP contribution in [0, 0.1) is 0 Å². The third-order valence-corrected chi connectivity index (χ3v) is 3.69. The first kappa shape index (κ1) is 17.1. The molecule has 0 bridgehead atoms. The fourth-order valence-corrected chi connectivity index (χ4v) is 2.18. The summed E-state index contributed by atoms with van der Waals surface area (Å²) in [7, 11) is 11.8. The van der Waals surface area contributed by atoms with Crippen molar-refractivity contribution in [2.24, 2.45) is 0 Å². The van der Waals surface area contributed by atoms with Crippen molar-refractivity contribution in [3.8, 4) is 0 Å². The quantitative estimate of drug-likeness (QED) is 0.826. The maximum atomic E-state index is 12.5. The van der Waals surface area contributed by atoms with Crippen molar-refractivity contribution in [1.82, 2.24) is 10.3 Å². The summed E-state index contributed by atoms with van der Waals surface area (Å²) in [5, 5.41) is 4.84. The van der Waals surface area contributed by atoms with Gasteiger partial charge in [-0.15, -0.1) is 0 Å². The summed E-state index contributed by atoms with van der Waals surface area (Å²) < 4.78 is 43.0. The third-order valence-electron chi connectivity index (χ3n) is 3.69. The fraction of sp³-hybridized carbons (Fsp3) is 0.615. The summed E-state index contributed by atoms with van der Waals surface area (Å²) in [4.78, 5) is 3.74. The molecule has 9 heteroatoms. The Hall–Kier alpha value is -1.21. The smallest absolute Gasteiger partial charge is 0.374 e. The monoisotopic (exact) mass is 309 g/mol. The number of alkyl halides is 3. The highest BCUT2D eigenvalue weighted by atomic mass is 19.4. The summed E-state index contributed by atoms with van der Waals surface area (Å²) in [6.07, 6.45) is -4.12. The number of nitrogens with zero attached hydrogens (tertiary/aromatic N) is 1. The predicted molar refractivity (Wildman–Crippen MR) is 78.9 cm³/mol. The molecule has 22 heavy (non-hydrogen) atoms. The van der Waals surface area contributed by atoms with Crippen molar-refractivity contribution >= 4 is 21.5 Å². The lowest BCUT2D eigenvalue weighted by Crippen LogP contribution is -2.68. The van der Waals surface area contributed by atoms with Crippen LogP contribution < -0.4 is 10.6 Å². The molecule has 2 heterocycles. The number of hydrogen-bond acceptors (Lipinski definition) is 4. The molecule has 1 aromatic rings. The fourth-order valence-electron chi connectivity index (χ4n) is 2.18. The van der Waals surface area contributed by atoms with Crippen LogP contribution in [0.25, 0.3) is 0 Å². The van der Waals surface area contributed by atoms with Crippen molar-refractivity contribution in [3.63, 3.8) is 0 Å². The van der Waals surface area contributed by atoms with Crippen LogP contribution in [0.5, 0.6) is 0 Å². The Labute approximate surface area is 130 Å². The number of halogens is 3. The Kier molecular flexibility index (Phi) is 4.77. The molecule has 116 valence electrons. The van der Waals surface area contributed by atoms with Gasteiger partial charge in [-0.3, -0.25) is 0 Å². The van der Waals surface area contributed by atoms with Crippen LogP contribution in [0.3, 0.4) is 0 Å². The van der Waals surface area contributed by atoms with E-state index in [1.54, 1.807) is 6.92 Å². The molecule has 1 aliphatic heterocycles. The lowest BCUT2D eigenvalue weighted by atomic mass is 9.57. The van der Waals surface area contributed by atoms with E-state index < -0.39 is 17.1 Å². The second-order valence-electron chi connectivity index (χ2n) is 5.48. The van der Waals surface area contributed by atoms with E-state index >= 15 is 0 Å². The van der Waals surface area contributed by atoms with Gasteiger partial charge in [-0.2, -0.15) is 13.2 Å². The van der Waals surface area contributed by atoms with E-state index in [1.807, 2.05) is 6.92 Å². The van der Waals surface area contributed by atoms with Crippen LogP contribution in [-0.4, -0.2) is 50.8 Å². The number of pyridine rings is 1. The maximum Gasteiger partial charge on any atom is 0.417 e. The van der Waals surface area contributed by atoms with E-state index in [4.69, 9.17) is 20.4 Å². The molecule has 1 aromatic heterocycles. The van der Waals surface area contributed by atoms with Gasteiger partial charge in [0.15, 0.2) is 0 Å². The summed E-state index contributed by atoms with van der Waals surface area (Å²) in [6, 6.07) is 2.05. The number of aromatic nitrogens is 1. The zero-order valence-electron chi connectivity index (χ0n) is 12.3. The molecule has 0 aliphatic carbocycles. The second-order valence-corrected chi connectivity index (χ2v) is 5.48. The molecule has 4 radical (unpaired) electrons. The molecule has 0 aromatic carbocycles. The van der Waals surface area contributed by atoms with Crippen molar-refractivity contribution in [1.29, 1.82) is 0 Å². The van der Waals surface area contributed by atoms with Crippen molar-refractivity contribution < 1.29 is 17.9 Å². The molecular weight excluding hydrogens is 293 g/mol. The van der Waals surface area contributed by atoms with Crippen LogP contribution in [0.4, 0.5) is 19.0 Å². The zero-order chi connectivity index (χ0) is 16.5. The summed E-state index contributed by atoms with van der Waals surface area (Å²) in [5.74, 6) is 0.334. The molecule has 1 aliphatic rings. The molecule has 0 spiro atoms. The zero-order valence-corrected chi connectivity index (χ0v) is 12.3. The number of nitrogens with one attached hydrogen (secondary N) is 2. The number of ether oxygens (including phenoxy) is 1. The average Bonchev–Trinajstić information content (AvgIpc) is 2.41. The van der Waals surface area contributed by atoms with Gasteiger partial charge >= 0.3 is 6.18 Å². The molecule has 2 rings (SSSR count). The minimum atomic E-state index is -4.40. The Balaban J connectivity index is 1.95. The predicted octanol–water partition coefficient (Wildman–Crippen LogP) is 1.27. The molecule has 4 nitrogen and oxygen atoms in total. The Morgan fingerprint density at radius 3 is 2.59 bits per heavy atom. The number of anilines is 1. The van der Waals surface area contributed by atoms with E-state index in [0.717, 1.165) is 12.3 Å². The molecule has 3 unspecified atom stereocenters. The van der Waals surface area contributed by atoms with Gasteiger partial charge in [0.05, 0.1) is 33.5 Å². The van der Waals surface area contributed by atoms with Crippen molar-refractivity contribution in [3.05, 3.63) is 23.9 Å². The third kappa shape index (κ3) is 3.95. The number of hydrogen-bond donors (Lipinski definition) is 2. The topological polar surface area (TPSA) is 46.2 Å². The molecule has 0 amide bonds. The number of rotatable bonds is 3. The Morgan fingerprint density at radius 1 is 1.36 bits per heavy atom. The van der Waals surface area contributed by atoms with Gasteiger partial charge < -0.3 is 15.4 Å². The summed E-state index contributed by atoms with van der Waals surface area (Å²) in [5.41, 5.74) is -0.790. The van der Waals surface area contributed by atoms with Gasteiger partial charge in [0.2, 0.25) is 0 Å². The SMILES string of the molecule is [B]C1([B])NC(CNc2ccc(C(F)(F)F)cn2)C(C)OC1C. The molecule has 2 N–H and O–H groups in total. The first-order chi connectivity index (χ1) is 10.1. The van der Waals surface area contributed by atoms with E-state index in [0.29, 0.717) is 12.4 Å². The summed E-state index contributed by atoms with van der Waals surface area (Å²) >= 11 is 0. The normalized spacial score (nSPS) is 28.3.